The Labute approximate surface area is 67.3 Å². The molecule has 1 rings (SSSR count). The van der Waals surface area contributed by atoms with Gasteiger partial charge in [-0.15, -0.1) is 0 Å². The second-order valence-electron chi connectivity index (χ2n) is 4.02. The topological polar surface area (TPSA) is 55.1 Å². The van der Waals surface area contributed by atoms with Crippen molar-refractivity contribution < 1.29 is 4.79 Å². The molecule has 3 nitrogen and oxygen atoms in total. The smallest absolute Gasteiger partial charge is 0.236 e. The van der Waals surface area contributed by atoms with Gasteiger partial charge in [-0.1, -0.05) is 13.8 Å². The van der Waals surface area contributed by atoms with Crippen LogP contribution < -0.4 is 11.1 Å². The summed E-state index contributed by atoms with van der Waals surface area (Å²) >= 11 is 0. The van der Waals surface area contributed by atoms with Gasteiger partial charge in [0.15, 0.2) is 0 Å². The molecule has 0 saturated carbocycles. The van der Waals surface area contributed by atoms with Gasteiger partial charge < -0.3 is 11.1 Å². The van der Waals surface area contributed by atoms with Crippen molar-refractivity contribution in [3.8, 4) is 0 Å². The van der Waals surface area contributed by atoms with Crippen molar-refractivity contribution in [1.82, 2.24) is 5.32 Å². The van der Waals surface area contributed by atoms with Crippen LogP contribution >= 0.6 is 0 Å². The van der Waals surface area contributed by atoms with Crippen molar-refractivity contribution in [2.24, 2.45) is 11.1 Å². The van der Waals surface area contributed by atoms with Gasteiger partial charge in [-0.05, 0) is 18.3 Å². The van der Waals surface area contributed by atoms with E-state index in [9.17, 15) is 4.79 Å². The van der Waals surface area contributed by atoms with Gasteiger partial charge in [0, 0.05) is 6.54 Å². The molecule has 3 heteroatoms. The molecule has 0 spiro atoms. The molecule has 1 saturated heterocycles. The van der Waals surface area contributed by atoms with Gasteiger partial charge in [0.25, 0.3) is 0 Å². The first-order valence-electron chi connectivity index (χ1n) is 4.05. The Morgan fingerprint density at radius 1 is 1.64 bits per heavy atom. The van der Waals surface area contributed by atoms with Crippen LogP contribution in [0.25, 0.3) is 0 Å². The first kappa shape index (κ1) is 8.53. The Kier molecular flexibility index (Phi) is 2.18. The van der Waals surface area contributed by atoms with Gasteiger partial charge in [-0.2, -0.15) is 0 Å². The average molecular weight is 156 g/mol. The molecule has 1 fully saturated rings. The number of amides is 1. The third-order valence-electron chi connectivity index (χ3n) is 2.21. The molecule has 0 radical (unpaired) electrons. The maximum atomic E-state index is 11.1. The first-order chi connectivity index (χ1) is 5.01. The highest BCUT2D eigenvalue weighted by molar-refractivity contribution is 5.81. The third-order valence-corrected chi connectivity index (χ3v) is 2.21. The lowest BCUT2D eigenvalue weighted by Gasteiger charge is -2.22. The predicted molar refractivity (Wildman–Crippen MR) is 44.0 cm³/mol. The number of nitrogens with one attached hydrogen (secondary N) is 1. The summed E-state index contributed by atoms with van der Waals surface area (Å²) in [5.74, 6) is -0.00410. The van der Waals surface area contributed by atoms with Crippen LogP contribution in [0.2, 0.25) is 0 Å². The van der Waals surface area contributed by atoms with Crippen LogP contribution in [0.1, 0.15) is 26.7 Å². The summed E-state index contributed by atoms with van der Waals surface area (Å²) in [6, 6.07) is -0.313. The fourth-order valence-electron chi connectivity index (χ4n) is 1.45. The zero-order valence-electron chi connectivity index (χ0n) is 7.18. The van der Waals surface area contributed by atoms with Crippen molar-refractivity contribution in [1.29, 1.82) is 0 Å². The van der Waals surface area contributed by atoms with E-state index in [0.29, 0.717) is 0 Å². The number of carbonyl (C=O) groups is 1. The molecule has 11 heavy (non-hydrogen) atoms. The zero-order valence-corrected chi connectivity index (χ0v) is 7.18. The number of carbonyl (C=O) groups excluding carboxylic acids is 1. The fourth-order valence-corrected chi connectivity index (χ4v) is 1.45. The Morgan fingerprint density at radius 3 is 2.91 bits per heavy atom. The highest BCUT2D eigenvalue weighted by Crippen LogP contribution is 2.27. The van der Waals surface area contributed by atoms with E-state index in [1.54, 1.807) is 0 Å². The average Bonchev–Trinajstić information content (AvgIpc) is 1.93. The van der Waals surface area contributed by atoms with Gasteiger partial charge in [-0.25, -0.2) is 0 Å². The van der Waals surface area contributed by atoms with Crippen LogP contribution in [0, 0.1) is 5.41 Å². The van der Waals surface area contributed by atoms with E-state index in [0.717, 1.165) is 19.4 Å². The van der Waals surface area contributed by atoms with Crippen molar-refractivity contribution in [3.05, 3.63) is 0 Å². The standard InChI is InChI=1S/C8H16N2O/c1-8(2)3-4-10-7(11)6(9)5-8/h6H,3-5,9H2,1-2H3,(H,10,11). The van der Waals surface area contributed by atoms with Gasteiger partial charge in [0.05, 0.1) is 6.04 Å². The van der Waals surface area contributed by atoms with E-state index >= 15 is 0 Å². The predicted octanol–water partition coefficient (Wildman–Crippen LogP) is 0.250. The van der Waals surface area contributed by atoms with Gasteiger partial charge in [0.1, 0.15) is 0 Å². The minimum Gasteiger partial charge on any atom is -0.355 e. The van der Waals surface area contributed by atoms with Crippen LogP contribution in [-0.4, -0.2) is 18.5 Å². The quantitative estimate of drug-likeness (QED) is 0.528. The van der Waals surface area contributed by atoms with E-state index in [4.69, 9.17) is 5.73 Å². The fraction of sp³-hybridized carbons (Fsp3) is 0.875. The normalized spacial score (nSPS) is 30.8. The number of nitrogens with two attached hydrogens (primary N) is 1. The van der Waals surface area contributed by atoms with Crippen molar-refractivity contribution in [2.45, 2.75) is 32.7 Å². The lowest BCUT2D eigenvalue weighted by Crippen LogP contribution is -2.39. The molecule has 0 bridgehead atoms. The lowest BCUT2D eigenvalue weighted by molar-refractivity contribution is -0.122. The van der Waals surface area contributed by atoms with Crippen molar-refractivity contribution in [3.63, 3.8) is 0 Å². The highest BCUT2D eigenvalue weighted by Gasteiger charge is 2.28. The third kappa shape index (κ3) is 2.19. The summed E-state index contributed by atoms with van der Waals surface area (Å²) in [6.45, 7) is 5.06. The molecule has 1 unspecified atom stereocenters. The minimum atomic E-state index is -0.313. The zero-order chi connectivity index (χ0) is 8.48. The van der Waals surface area contributed by atoms with Crippen molar-refractivity contribution >= 4 is 5.91 Å². The van der Waals surface area contributed by atoms with E-state index in [-0.39, 0.29) is 17.4 Å². The van der Waals surface area contributed by atoms with Gasteiger partial charge in [0.2, 0.25) is 5.91 Å². The summed E-state index contributed by atoms with van der Waals surface area (Å²) < 4.78 is 0. The van der Waals surface area contributed by atoms with Crippen LogP contribution in [0.5, 0.6) is 0 Å². The summed E-state index contributed by atoms with van der Waals surface area (Å²) in [5.41, 5.74) is 5.85. The monoisotopic (exact) mass is 156 g/mol. The molecule has 1 aliphatic rings. The van der Waals surface area contributed by atoms with Crippen LogP contribution in [0.4, 0.5) is 0 Å². The Hall–Kier alpha value is -0.570. The summed E-state index contributed by atoms with van der Waals surface area (Å²) in [6.07, 6.45) is 1.81. The Morgan fingerprint density at radius 2 is 2.27 bits per heavy atom. The molecule has 1 atom stereocenters. The molecule has 3 N–H and O–H groups in total. The number of hydrogen-bond donors (Lipinski definition) is 2. The second kappa shape index (κ2) is 2.81. The molecule has 0 aromatic rings. The Balaban J connectivity index is 2.63. The molecular weight excluding hydrogens is 140 g/mol. The Bertz CT molecular complexity index is 165. The van der Waals surface area contributed by atoms with Gasteiger partial charge >= 0.3 is 0 Å². The largest absolute Gasteiger partial charge is 0.355 e. The van der Waals surface area contributed by atoms with E-state index in [2.05, 4.69) is 19.2 Å². The van der Waals surface area contributed by atoms with E-state index in [1.165, 1.54) is 0 Å². The molecule has 0 aromatic carbocycles. The van der Waals surface area contributed by atoms with Crippen molar-refractivity contribution in [2.75, 3.05) is 6.54 Å². The molecular formula is C8H16N2O. The summed E-state index contributed by atoms with van der Waals surface area (Å²) in [7, 11) is 0. The maximum Gasteiger partial charge on any atom is 0.236 e. The molecule has 1 amide bonds. The van der Waals surface area contributed by atoms with E-state index in [1.807, 2.05) is 0 Å². The molecule has 1 heterocycles. The molecule has 0 aliphatic carbocycles. The molecule has 64 valence electrons. The summed E-state index contributed by atoms with van der Waals surface area (Å²) in [5, 5.41) is 2.79. The number of hydrogen-bond acceptors (Lipinski definition) is 2. The van der Waals surface area contributed by atoms with Crippen LogP contribution in [-0.2, 0) is 4.79 Å². The van der Waals surface area contributed by atoms with Crippen LogP contribution in [0.15, 0.2) is 0 Å². The minimum absolute atomic E-state index is 0.00410. The molecule has 1 aliphatic heterocycles. The first-order valence-corrected chi connectivity index (χ1v) is 4.05. The van der Waals surface area contributed by atoms with Crippen LogP contribution in [0.3, 0.4) is 0 Å². The highest BCUT2D eigenvalue weighted by atomic mass is 16.2. The SMILES string of the molecule is CC1(C)CCNC(=O)C(N)C1. The summed E-state index contributed by atoms with van der Waals surface area (Å²) in [4.78, 5) is 11.1. The molecule has 0 aromatic heterocycles. The second-order valence-corrected chi connectivity index (χ2v) is 4.02. The lowest BCUT2D eigenvalue weighted by atomic mass is 9.84. The van der Waals surface area contributed by atoms with Gasteiger partial charge in [-0.3, -0.25) is 4.79 Å². The maximum absolute atomic E-state index is 11.1. The number of rotatable bonds is 0. The van der Waals surface area contributed by atoms with E-state index < -0.39 is 0 Å².